The molecule has 2 fully saturated rings. The van der Waals surface area contributed by atoms with Crippen molar-refractivity contribution in [3.63, 3.8) is 0 Å². The van der Waals surface area contributed by atoms with Crippen LogP contribution in [0.15, 0.2) is 41.3 Å². The summed E-state index contributed by atoms with van der Waals surface area (Å²) in [5, 5.41) is 10.8. The fourth-order valence-electron chi connectivity index (χ4n) is 5.05. The molecule has 0 spiro atoms. The van der Waals surface area contributed by atoms with Gasteiger partial charge in [0, 0.05) is 49.9 Å². The van der Waals surface area contributed by atoms with Gasteiger partial charge in [0.2, 0.25) is 5.91 Å². The van der Waals surface area contributed by atoms with Gasteiger partial charge in [0.25, 0.3) is 0 Å². The van der Waals surface area contributed by atoms with Gasteiger partial charge in [0.1, 0.15) is 17.8 Å². The summed E-state index contributed by atoms with van der Waals surface area (Å²) < 4.78 is 0.940. The minimum atomic E-state index is -0.940. The Kier molecular flexibility index (Phi) is 6.11. The zero-order valence-electron chi connectivity index (χ0n) is 18.4. The molecular formula is C23H24BrClN6O3. The highest BCUT2D eigenvalue weighted by Gasteiger charge is 2.46. The molecule has 2 saturated heterocycles. The zero-order chi connectivity index (χ0) is 23.9. The molecule has 0 radical (unpaired) electrons. The maximum atomic E-state index is 14.0. The molecule has 2 aromatic heterocycles. The number of aromatic nitrogens is 3. The van der Waals surface area contributed by atoms with Crippen LogP contribution in [0.3, 0.4) is 0 Å². The first-order valence-electron chi connectivity index (χ1n) is 11.1. The lowest BCUT2D eigenvalue weighted by atomic mass is 9.71. The number of nitrogens with zero attached hydrogens (tertiary/aromatic N) is 5. The third kappa shape index (κ3) is 3.98. The fraction of sp³-hybridized carbons (Fsp3) is 0.391. The average Bonchev–Trinajstić information content (AvgIpc) is 3.25. The van der Waals surface area contributed by atoms with Crippen LogP contribution < -0.4 is 4.90 Å². The van der Waals surface area contributed by atoms with Crippen molar-refractivity contribution in [2.75, 3.05) is 44.2 Å². The summed E-state index contributed by atoms with van der Waals surface area (Å²) in [5.74, 6) is 0.827. The summed E-state index contributed by atoms with van der Waals surface area (Å²) in [6.07, 6.45) is 3.21. The Morgan fingerprint density at radius 3 is 2.32 bits per heavy atom. The predicted molar refractivity (Wildman–Crippen MR) is 132 cm³/mol. The second kappa shape index (κ2) is 9.07. The second-order valence-corrected chi connectivity index (χ2v) is 10.0. The van der Waals surface area contributed by atoms with Gasteiger partial charge in [-0.3, -0.25) is 4.79 Å². The molecule has 11 heteroatoms. The molecule has 0 saturated carbocycles. The van der Waals surface area contributed by atoms with Gasteiger partial charge < -0.3 is 24.8 Å². The van der Waals surface area contributed by atoms with Crippen molar-refractivity contribution in [2.24, 2.45) is 0 Å². The van der Waals surface area contributed by atoms with Crippen LogP contribution in [0.5, 0.6) is 0 Å². The van der Waals surface area contributed by atoms with Crippen LogP contribution in [0.25, 0.3) is 11.0 Å². The summed E-state index contributed by atoms with van der Waals surface area (Å²) in [7, 11) is 0. The van der Waals surface area contributed by atoms with Crippen LogP contribution >= 0.6 is 27.5 Å². The first-order valence-corrected chi connectivity index (χ1v) is 12.3. The van der Waals surface area contributed by atoms with Gasteiger partial charge in [0.15, 0.2) is 0 Å². The Hall–Kier alpha value is -2.85. The maximum absolute atomic E-state index is 14.0. The minimum Gasteiger partial charge on any atom is -0.465 e. The predicted octanol–water partition coefficient (Wildman–Crippen LogP) is 3.73. The van der Waals surface area contributed by atoms with Crippen molar-refractivity contribution in [1.82, 2.24) is 24.8 Å². The molecule has 4 heterocycles. The number of H-pyrrole nitrogens is 1. The SMILES string of the molecule is O=C(O)N1CCC(C(=O)N2CCN(c3ncnc4[nH]cc(Cl)c34)CC2)(c2ccc(Br)cc2)CC1. The van der Waals surface area contributed by atoms with E-state index in [0.29, 0.717) is 62.8 Å². The molecule has 178 valence electrons. The standard InChI is InChI=1S/C23H24BrClN6O3/c24-16-3-1-15(2-4-16)23(5-7-31(8-6-23)22(33)34)21(32)30-11-9-29(10-12-30)20-18-17(25)13-26-19(18)27-14-28-20/h1-4,13-14H,5-12H2,(H,33,34)(H,26,27,28). The minimum absolute atomic E-state index is 0.0621. The number of benzene rings is 1. The van der Waals surface area contributed by atoms with E-state index in [2.05, 4.69) is 35.8 Å². The molecule has 0 unspecified atom stereocenters. The Bertz CT molecular complexity index is 1220. The van der Waals surface area contributed by atoms with E-state index >= 15 is 0 Å². The Morgan fingerprint density at radius 2 is 1.68 bits per heavy atom. The average molecular weight is 548 g/mol. The van der Waals surface area contributed by atoms with Gasteiger partial charge in [-0.15, -0.1) is 0 Å². The van der Waals surface area contributed by atoms with E-state index in [-0.39, 0.29) is 5.91 Å². The lowest BCUT2D eigenvalue weighted by molar-refractivity contribution is -0.139. The zero-order valence-corrected chi connectivity index (χ0v) is 20.7. The van der Waals surface area contributed by atoms with Crippen molar-refractivity contribution < 1.29 is 14.7 Å². The number of fused-ring (bicyclic) bond motifs is 1. The third-order valence-corrected chi connectivity index (χ3v) is 7.79. The lowest BCUT2D eigenvalue weighted by Crippen LogP contribution is -2.58. The van der Waals surface area contributed by atoms with Gasteiger partial charge in [-0.2, -0.15) is 0 Å². The van der Waals surface area contributed by atoms with Gasteiger partial charge in [0.05, 0.1) is 15.8 Å². The van der Waals surface area contributed by atoms with E-state index in [9.17, 15) is 14.7 Å². The smallest absolute Gasteiger partial charge is 0.407 e. The maximum Gasteiger partial charge on any atom is 0.407 e. The van der Waals surface area contributed by atoms with Crippen LogP contribution in [0, 0.1) is 0 Å². The monoisotopic (exact) mass is 546 g/mol. The Balaban J connectivity index is 1.37. The van der Waals surface area contributed by atoms with Crippen LogP contribution in [0.1, 0.15) is 18.4 Å². The number of carboxylic acid groups (broad SMARTS) is 1. The highest BCUT2D eigenvalue weighted by Crippen LogP contribution is 2.39. The molecular weight excluding hydrogens is 524 g/mol. The van der Waals surface area contributed by atoms with E-state index in [1.54, 1.807) is 6.20 Å². The van der Waals surface area contributed by atoms with Crippen molar-refractivity contribution in [3.8, 4) is 0 Å². The summed E-state index contributed by atoms with van der Waals surface area (Å²) in [4.78, 5) is 42.6. The summed E-state index contributed by atoms with van der Waals surface area (Å²) >= 11 is 9.83. The molecule has 2 aliphatic heterocycles. The van der Waals surface area contributed by atoms with Crippen LogP contribution in [0.4, 0.5) is 10.6 Å². The molecule has 0 aliphatic carbocycles. The van der Waals surface area contributed by atoms with E-state index in [4.69, 9.17) is 11.6 Å². The van der Waals surface area contributed by atoms with Crippen molar-refractivity contribution in [1.29, 1.82) is 0 Å². The number of piperazine rings is 1. The number of halogens is 2. The Morgan fingerprint density at radius 1 is 1.00 bits per heavy atom. The van der Waals surface area contributed by atoms with Crippen LogP contribution in [0.2, 0.25) is 5.02 Å². The summed E-state index contributed by atoms with van der Waals surface area (Å²) in [6.45, 7) is 3.01. The number of amides is 2. The number of hydrogen-bond acceptors (Lipinski definition) is 5. The number of likely N-dealkylation sites (tertiary alicyclic amines) is 1. The van der Waals surface area contributed by atoms with Crippen molar-refractivity contribution in [3.05, 3.63) is 51.8 Å². The molecule has 1 aromatic carbocycles. The topological polar surface area (TPSA) is 106 Å². The molecule has 2 N–H and O–H groups in total. The second-order valence-electron chi connectivity index (χ2n) is 8.70. The Labute approximate surface area is 209 Å². The number of nitrogens with one attached hydrogen (secondary N) is 1. The molecule has 2 aliphatic rings. The molecule has 3 aromatic rings. The molecule has 34 heavy (non-hydrogen) atoms. The fourth-order valence-corrected chi connectivity index (χ4v) is 5.54. The quantitative estimate of drug-likeness (QED) is 0.518. The van der Waals surface area contributed by atoms with Crippen LogP contribution in [-0.2, 0) is 10.2 Å². The van der Waals surface area contributed by atoms with Gasteiger partial charge >= 0.3 is 6.09 Å². The molecule has 5 rings (SSSR count). The normalized spacial score (nSPS) is 18.4. The number of hydrogen-bond donors (Lipinski definition) is 2. The molecule has 0 bridgehead atoms. The van der Waals surface area contributed by atoms with E-state index in [1.807, 2.05) is 29.2 Å². The number of anilines is 1. The first kappa shape index (κ1) is 22.9. The number of carbonyl (C=O) groups is 2. The van der Waals surface area contributed by atoms with Gasteiger partial charge in [-0.05, 0) is 30.5 Å². The number of aromatic amines is 1. The van der Waals surface area contributed by atoms with Crippen molar-refractivity contribution >= 4 is 56.4 Å². The molecule has 0 atom stereocenters. The number of rotatable bonds is 3. The van der Waals surface area contributed by atoms with E-state index in [0.717, 1.165) is 21.2 Å². The first-order chi connectivity index (χ1) is 16.4. The van der Waals surface area contributed by atoms with Crippen LogP contribution in [-0.4, -0.2) is 81.1 Å². The largest absolute Gasteiger partial charge is 0.465 e. The molecule has 9 nitrogen and oxygen atoms in total. The van der Waals surface area contributed by atoms with E-state index < -0.39 is 11.5 Å². The van der Waals surface area contributed by atoms with Gasteiger partial charge in [-0.1, -0.05) is 39.7 Å². The van der Waals surface area contributed by atoms with Crippen molar-refractivity contribution in [2.45, 2.75) is 18.3 Å². The highest BCUT2D eigenvalue weighted by molar-refractivity contribution is 9.10. The summed E-state index contributed by atoms with van der Waals surface area (Å²) in [5.41, 5.74) is 0.888. The third-order valence-electron chi connectivity index (χ3n) is 6.96. The van der Waals surface area contributed by atoms with Gasteiger partial charge in [-0.25, -0.2) is 14.8 Å². The number of piperidine rings is 1. The number of carbonyl (C=O) groups excluding carboxylic acids is 1. The van der Waals surface area contributed by atoms with E-state index in [1.165, 1.54) is 11.2 Å². The molecule has 2 amide bonds. The lowest BCUT2D eigenvalue weighted by Gasteiger charge is -2.45. The summed E-state index contributed by atoms with van der Waals surface area (Å²) in [6, 6.07) is 7.82. The highest BCUT2D eigenvalue weighted by atomic mass is 79.9.